The zero-order chi connectivity index (χ0) is 15.4. The number of halogens is 2. The van der Waals surface area contributed by atoms with Crippen LogP contribution in [0, 0.1) is 35.3 Å². The molecule has 1 heterocycles. The number of nitrogens with two attached hydrogens (primary N) is 1. The Morgan fingerprint density at radius 2 is 1.73 bits per heavy atom. The van der Waals surface area contributed by atoms with E-state index in [0.717, 1.165) is 36.9 Å². The van der Waals surface area contributed by atoms with Crippen molar-refractivity contribution in [2.75, 3.05) is 6.54 Å². The molecule has 0 aromatic heterocycles. The van der Waals surface area contributed by atoms with Crippen LogP contribution in [0.3, 0.4) is 0 Å². The summed E-state index contributed by atoms with van der Waals surface area (Å²) in [5.41, 5.74) is 7.25. The number of hydrogen-bond donors (Lipinski definition) is 1. The van der Waals surface area contributed by atoms with E-state index in [1.165, 1.54) is 12.1 Å². The van der Waals surface area contributed by atoms with Crippen LogP contribution in [0.4, 0.5) is 8.78 Å². The third-order valence-electron chi connectivity index (χ3n) is 5.90. The fourth-order valence-electron chi connectivity index (χ4n) is 4.77. The van der Waals surface area contributed by atoms with Gasteiger partial charge in [-0.25, -0.2) is 8.78 Å². The molecule has 0 saturated heterocycles. The average Bonchev–Trinajstić information content (AvgIpc) is 3.19. The molecule has 3 nitrogen and oxygen atoms in total. The van der Waals surface area contributed by atoms with Crippen LogP contribution in [0.5, 0.6) is 0 Å². The van der Waals surface area contributed by atoms with Gasteiger partial charge in [0, 0.05) is 19.0 Å². The molecular formula is C17H20F2N2O. The summed E-state index contributed by atoms with van der Waals surface area (Å²) in [6.45, 7) is 1.52. The minimum absolute atomic E-state index is 0.0804. The van der Waals surface area contributed by atoms with Crippen LogP contribution in [-0.4, -0.2) is 17.4 Å². The number of amides is 1. The van der Waals surface area contributed by atoms with Crippen LogP contribution in [0.1, 0.15) is 30.4 Å². The lowest BCUT2D eigenvalue weighted by Gasteiger charge is -2.29. The first kappa shape index (κ1) is 14.1. The van der Waals surface area contributed by atoms with Crippen LogP contribution in [0.2, 0.25) is 0 Å². The molecule has 4 rings (SSSR count). The molecule has 4 atom stereocenters. The summed E-state index contributed by atoms with van der Waals surface area (Å²) < 4.78 is 26.6. The maximum absolute atomic E-state index is 13.3. The van der Waals surface area contributed by atoms with Gasteiger partial charge in [-0.2, -0.15) is 0 Å². The van der Waals surface area contributed by atoms with Gasteiger partial charge in [-0.05, 0) is 66.8 Å². The van der Waals surface area contributed by atoms with E-state index in [4.69, 9.17) is 5.73 Å². The standard InChI is InChI=1S/C17H20F2N2O/c18-15-4-12-7-21(8-13(12)5-16(15)19)17(22)14-3-9-1-10(14)2-11(9)6-20/h4-5,9-11,14H,1-3,6-8,20H2. The molecule has 1 aliphatic heterocycles. The number of carbonyl (C=O) groups excluding carboxylic acids is 1. The fraction of sp³-hybridized carbons (Fsp3) is 0.588. The third-order valence-corrected chi connectivity index (χ3v) is 5.90. The van der Waals surface area contributed by atoms with E-state index in [1.807, 2.05) is 0 Å². The number of hydrogen-bond acceptors (Lipinski definition) is 2. The van der Waals surface area contributed by atoms with E-state index in [2.05, 4.69) is 0 Å². The predicted octanol–water partition coefficient (Wildman–Crippen LogP) is 2.43. The summed E-state index contributed by atoms with van der Waals surface area (Å²) in [7, 11) is 0. The van der Waals surface area contributed by atoms with Gasteiger partial charge in [0.2, 0.25) is 5.91 Å². The summed E-state index contributed by atoms with van der Waals surface area (Å²) in [6.07, 6.45) is 3.10. The molecule has 3 aliphatic rings. The van der Waals surface area contributed by atoms with Crippen molar-refractivity contribution in [1.82, 2.24) is 4.90 Å². The molecule has 1 amide bonds. The van der Waals surface area contributed by atoms with Crippen molar-refractivity contribution in [2.45, 2.75) is 32.4 Å². The maximum Gasteiger partial charge on any atom is 0.226 e. The molecule has 1 aromatic rings. The van der Waals surface area contributed by atoms with Crippen molar-refractivity contribution in [2.24, 2.45) is 29.4 Å². The number of benzene rings is 1. The molecule has 0 radical (unpaired) electrons. The van der Waals surface area contributed by atoms with Crippen LogP contribution >= 0.6 is 0 Å². The van der Waals surface area contributed by atoms with Crippen molar-refractivity contribution in [1.29, 1.82) is 0 Å². The van der Waals surface area contributed by atoms with Crippen molar-refractivity contribution >= 4 is 5.91 Å². The second-order valence-corrected chi connectivity index (χ2v) is 7.06. The molecule has 2 N–H and O–H groups in total. The highest BCUT2D eigenvalue weighted by atomic mass is 19.2. The third kappa shape index (κ3) is 2.06. The van der Waals surface area contributed by atoms with E-state index in [1.54, 1.807) is 4.90 Å². The molecule has 5 heteroatoms. The first-order chi connectivity index (χ1) is 10.6. The lowest BCUT2D eigenvalue weighted by Crippen LogP contribution is -2.36. The maximum atomic E-state index is 13.3. The number of fused-ring (bicyclic) bond motifs is 3. The largest absolute Gasteiger partial charge is 0.334 e. The molecular weight excluding hydrogens is 286 g/mol. The van der Waals surface area contributed by atoms with Gasteiger partial charge in [-0.1, -0.05) is 0 Å². The van der Waals surface area contributed by atoms with E-state index >= 15 is 0 Å². The topological polar surface area (TPSA) is 46.3 Å². The smallest absolute Gasteiger partial charge is 0.226 e. The van der Waals surface area contributed by atoms with Crippen LogP contribution in [0.15, 0.2) is 12.1 Å². The van der Waals surface area contributed by atoms with Crippen molar-refractivity contribution < 1.29 is 13.6 Å². The first-order valence-corrected chi connectivity index (χ1v) is 8.02. The van der Waals surface area contributed by atoms with E-state index < -0.39 is 11.6 Å². The normalized spacial score (nSPS) is 32.6. The van der Waals surface area contributed by atoms with E-state index in [0.29, 0.717) is 30.8 Å². The summed E-state index contributed by atoms with van der Waals surface area (Å²) in [5, 5.41) is 0. The van der Waals surface area contributed by atoms with E-state index in [-0.39, 0.29) is 11.8 Å². The van der Waals surface area contributed by atoms with Gasteiger partial charge < -0.3 is 10.6 Å². The Morgan fingerprint density at radius 3 is 2.23 bits per heavy atom. The Labute approximate surface area is 128 Å². The minimum atomic E-state index is -0.834. The van der Waals surface area contributed by atoms with Gasteiger partial charge in [0.1, 0.15) is 0 Å². The number of carbonyl (C=O) groups is 1. The van der Waals surface area contributed by atoms with Crippen LogP contribution in [-0.2, 0) is 17.9 Å². The zero-order valence-corrected chi connectivity index (χ0v) is 12.4. The summed E-state index contributed by atoms with van der Waals surface area (Å²) in [5.74, 6) is 0.175. The molecule has 1 aromatic carbocycles. The summed E-state index contributed by atoms with van der Waals surface area (Å²) in [6, 6.07) is 2.45. The molecule has 2 bridgehead atoms. The highest BCUT2D eigenvalue weighted by Gasteiger charge is 2.49. The Balaban J connectivity index is 1.48. The number of rotatable bonds is 2. The molecule has 0 spiro atoms. The Morgan fingerprint density at radius 1 is 1.09 bits per heavy atom. The average molecular weight is 306 g/mol. The van der Waals surface area contributed by atoms with Crippen molar-refractivity contribution in [3.8, 4) is 0 Å². The molecule has 4 unspecified atom stereocenters. The minimum Gasteiger partial charge on any atom is -0.334 e. The number of nitrogens with zero attached hydrogens (tertiary/aromatic N) is 1. The lowest BCUT2D eigenvalue weighted by molar-refractivity contribution is -0.138. The van der Waals surface area contributed by atoms with Crippen molar-refractivity contribution in [3.63, 3.8) is 0 Å². The second kappa shape index (κ2) is 5.01. The van der Waals surface area contributed by atoms with Gasteiger partial charge in [0.25, 0.3) is 0 Å². The van der Waals surface area contributed by atoms with Gasteiger partial charge in [-0.3, -0.25) is 4.79 Å². The Bertz CT molecular complexity index is 602. The fourth-order valence-corrected chi connectivity index (χ4v) is 4.77. The molecule has 2 aliphatic carbocycles. The second-order valence-electron chi connectivity index (χ2n) is 7.06. The summed E-state index contributed by atoms with van der Waals surface area (Å²) in [4.78, 5) is 14.5. The van der Waals surface area contributed by atoms with Gasteiger partial charge >= 0.3 is 0 Å². The zero-order valence-electron chi connectivity index (χ0n) is 12.4. The summed E-state index contributed by atoms with van der Waals surface area (Å²) >= 11 is 0. The monoisotopic (exact) mass is 306 g/mol. The highest BCUT2D eigenvalue weighted by molar-refractivity contribution is 5.80. The SMILES string of the molecule is NCC1CC2CC1CC2C(=O)N1Cc2cc(F)c(F)cc2C1. The Hall–Kier alpha value is -1.49. The van der Waals surface area contributed by atoms with Gasteiger partial charge in [0.15, 0.2) is 11.6 Å². The van der Waals surface area contributed by atoms with Gasteiger partial charge in [0.05, 0.1) is 0 Å². The molecule has 2 saturated carbocycles. The van der Waals surface area contributed by atoms with E-state index in [9.17, 15) is 13.6 Å². The van der Waals surface area contributed by atoms with Gasteiger partial charge in [-0.15, -0.1) is 0 Å². The molecule has 118 valence electrons. The lowest BCUT2D eigenvalue weighted by atomic mass is 9.81. The van der Waals surface area contributed by atoms with Crippen LogP contribution < -0.4 is 5.73 Å². The first-order valence-electron chi connectivity index (χ1n) is 8.02. The molecule has 22 heavy (non-hydrogen) atoms. The van der Waals surface area contributed by atoms with Crippen molar-refractivity contribution in [3.05, 3.63) is 34.9 Å². The Kier molecular flexibility index (Phi) is 3.22. The highest BCUT2D eigenvalue weighted by Crippen LogP contribution is 2.52. The molecule has 2 fully saturated rings. The van der Waals surface area contributed by atoms with Crippen LogP contribution in [0.25, 0.3) is 0 Å². The quantitative estimate of drug-likeness (QED) is 0.912. The predicted molar refractivity (Wildman–Crippen MR) is 77.5 cm³/mol.